The third-order valence-corrected chi connectivity index (χ3v) is 5.21. The molecule has 4 rings (SSSR count). The van der Waals surface area contributed by atoms with E-state index < -0.39 is 12.0 Å². The van der Waals surface area contributed by atoms with Crippen molar-refractivity contribution < 1.29 is 14.6 Å². The zero-order chi connectivity index (χ0) is 18.4. The fourth-order valence-corrected chi connectivity index (χ4v) is 4.17. The maximum atomic E-state index is 11.8. The Morgan fingerprint density at radius 3 is 2.81 bits per heavy atom. The lowest BCUT2D eigenvalue weighted by molar-refractivity contribution is -0.139. The Kier molecular flexibility index (Phi) is 4.13. The molecule has 0 amide bonds. The molecular formula is C20H19ClN2O3. The highest BCUT2D eigenvalue weighted by Gasteiger charge is 2.35. The molecule has 0 bridgehead atoms. The molecule has 134 valence electrons. The van der Waals surface area contributed by atoms with Gasteiger partial charge in [0.05, 0.1) is 13.2 Å². The van der Waals surface area contributed by atoms with Gasteiger partial charge in [0.1, 0.15) is 11.8 Å². The van der Waals surface area contributed by atoms with E-state index in [0.29, 0.717) is 17.2 Å². The number of fused-ring (bicyclic) bond motifs is 3. The number of aliphatic carboxylic acids is 1. The van der Waals surface area contributed by atoms with Crippen molar-refractivity contribution in [1.82, 2.24) is 10.3 Å². The summed E-state index contributed by atoms with van der Waals surface area (Å²) in [5, 5.41) is 14.5. The molecular weight excluding hydrogens is 352 g/mol. The van der Waals surface area contributed by atoms with Crippen LogP contribution in [-0.2, 0) is 11.2 Å². The number of halogens is 1. The minimum atomic E-state index is -0.872. The third-order valence-electron chi connectivity index (χ3n) is 4.99. The molecule has 26 heavy (non-hydrogen) atoms. The molecule has 2 atom stereocenters. The number of benzene rings is 2. The van der Waals surface area contributed by atoms with Crippen LogP contribution in [0, 0.1) is 6.92 Å². The second-order valence-corrected chi connectivity index (χ2v) is 7.04. The standard InChI is InChI=1S/C20H19ClN2O3/c1-10-7-11(21)8-14(19(10)26-2)18-17-13(9-16(23-18)20(24)25)12-5-3-4-6-15(12)22-17/h3-8,16,18,22-23H,9H2,1-2H3,(H,24,25). The number of carbonyl (C=O) groups is 1. The van der Waals surface area contributed by atoms with Crippen LogP contribution in [-0.4, -0.2) is 29.2 Å². The van der Waals surface area contributed by atoms with Gasteiger partial charge < -0.3 is 14.8 Å². The lowest BCUT2D eigenvalue weighted by Gasteiger charge is -2.31. The van der Waals surface area contributed by atoms with Gasteiger partial charge in [0, 0.05) is 33.6 Å². The van der Waals surface area contributed by atoms with Crippen LogP contribution < -0.4 is 10.1 Å². The predicted molar refractivity (Wildman–Crippen MR) is 101 cm³/mol. The van der Waals surface area contributed by atoms with Crippen LogP contribution in [0.1, 0.15) is 28.4 Å². The maximum absolute atomic E-state index is 11.8. The quantitative estimate of drug-likeness (QED) is 0.655. The van der Waals surface area contributed by atoms with Gasteiger partial charge in [-0.05, 0) is 36.2 Å². The molecule has 0 saturated carbocycles. The molecule has 1 aliphatic rings. The number of rotatable bonds is 3. The Labute approximate surface area is 155 Å². The van der Waals surface area contributed by atoms with Crippen molar-refractivity contribution in [2.75, 3.05) is 7.11 Å². The average Bonchev–Trinajstić information content (AvgIpc) is 2.99. The predicted octanol–water partition coefficient (Wildman–Crippen LogP) is 3.83. The van der Waals surface area contributed by atoms with Gasteiger partial charge in [0.15, 0.2) is 0 Å². The first-order chi connectivity index (χ1) is 12.5. The first-order valence-corrected chi connectivity index (χ1v) is 8.79. The van der Waals surface area contributed by atoms with Gasteiger partial charge in [-0.3, -0.25) is 10.1 Å². The Morgan fingerprint density at radius 1 is 1.31 bits per heavy atom. The van der Waals surface area contributed by atoms with Crippen molar-refractivity contribution in [1.29, 1.82) is 0 Å². The van der Waals surface area contributed by atoms with Gasteiger partial charge >= 0.3 is 5.97 Å². The maximum Gasteiger partial charge on any atom is 0.321 e. The average molecular weight is 371 g/mol. The lowest BCUT2D eigenvalue weighted by atomic mass is 9.89. The summed E-state index contributed by atoms with van der Waals surface area (Å²) >= 11 is 6.29. The topological polar surface area (TPSA) is 74.3 Å². The smallest absolute Gasteiger partial charge is 0.321 e. The molecule has 0 saturated heterocycles. The van der Waals surface area contributed by atoms with Gasteiger partial charge in [0.2, 0.25) is 0 Å². The number of hydrogen-bond donors (Lipinski definition) is 3. The minimum absolute atomic E-state index is 0.348. The lowest BCUT2D eigenvalue weighted by Crippen LogP contribution is -2.45. The summed E-state index contributed by atoms with van der Waals surface area (Å²) in [5.41, 5.74) is 4.72. The zero-order valence-electron chi connectivity index (χ0n) is 14.5. The molecule has 2 heterocycles. The number of nitrogens with one attached hydrogen (secondary N) is 2. The van der Waals surface area contributed by atoms with Crippen LogP contribution >= 0.6 is 11.6 Å². The van der Waals surface area contributed by atoms with E-state index in [2.05, 4.69) is 10.3 Å². The number of aromatic amines is 1. The first kappa shape index (κ1) is 16.9. The van der Waals surface area contributed by atoms with E-state index in [4.69, 9.17) is 16.3 Å². The van der Waals surface area contributed by atoms with E-state index in [0.717, 1.165) is 33.3 Å². The van der Waals surface area contributed by atoms with Crippen LogP contribution in [0.4, 0.5) is 0 Å². The van der Waals surface area contributed by atoms with Crippen LogP contribution in [0.25, 0.3) is 10.9 Å². The summed E-state index contributed by atoms with van der Waals surface area (Å²) in [7, 11) is 1.61. The minimum Gasteiger partial charge on any atom is -0.496 e. The summed E-state index contributed by atoms with van der Waals surface area (Å²) in [4.78, 5) is 15.2. The fraction of sp³-hybridized carbons (Fsp3) is 0.250. The van der Waals surface area contributed by atoms with E-state index >= 15 is 0 Å². The van der Waals surface area contributed by atoms with Crippen LogP contribution in [0.3, 0.4) is 0 Å². The van der Waals surface area contributed by atoms with Crippen molar-refractivity contribution in [2.24, 2.45) is 0 Å². The highest BCUT2D eigenvalue weighted by atomic mass is 35.5. The number of aryl methyl sites for hydroxylation is 1. The number of carboxylic acid groups (broad SMARTS) is 1. The Morgan fingerprint density at radius 2 is 2.08 bits per heavy atom. The normalized spacial score (nSPS) is 19.3. The molecule has 3 N–H and O–H groups in total. The molecule has 0 fully saturated rings. The summed E-state index contributed by atoms with van der Waals surface area (Å²) in [6.45, 7) is 1.93. The fourth-order valence-electron chi connectivity index (χ4n) is 3.89. The summed E-state index contributed by atoms with van der Waals surface area (Å²) in [6, 6.07) is 10.6. The van der Waals surface area contributed by atoms with Crippen molar-refractivity contribution in [2.45, 2.75) is 25.4 Å². The number of ether oxygens (including phenoxy) is 1. The number of methoxy groups -OCH3 is 1. The summed E-state index contributed by atoms with van der Waals surface area (Å²) in [6.07, 6.45) is 0.424. The van der Waals surface area contributed by atoms with E-state index in [1.807, 2.05) is 43.3 Å². The number of carboxylic acids is 1. The zero-order valence-corrected chi connectivity index (χ0v) is 15.2. The monoisotopic (exact) mass is 370 g/mol. The first-order valence-electron chi connectivity index (χ1n) is 8.42. The van der Waals surface area contributed by atoms with Gasteiger partial charge in [-0.15, -0.1) is 0 Å². The number of para-hydroxylation sites is 1. The molecule has 5 nitrogen and oxygen atoms in total. The summed E-state index contributed by atoms with van der Waals surface area (Å²) in [5.74, 6) is -0.161. The molecule has 3 aromatic rings. The van der Waals surface area contributed by atoms with Gasteiger partial charge in [-0.1, -0.05) is 29.8 Å². The van der Waals surface area contributed by atoms with Crippen LogP contribution in [0.15, 0.2) is 36.4 Å². The molecule has 6 heteroatoms. The van der Waals surface area contributed by atoms with E-state index in [-0.39, 0.29) is 6.04 Å². The van der Waals surface area contributed by atoms with Gasteiger partial charge in [-0.2, -0.15) is 0 Å². The van der Waals surface area contributed by atoms with Gasteiger partial charge in [-0.25, -0.2) is 0 Å². The number of hydrogen-bond acceptors (Lipinski definition) is 3. The molecule has 2 aromatic carbocycles. The Balaban J connectivity index is 1.96. The molecule has 1 aliphatic heterocycles. The Hall–Kier alpha value is -2.50. The molecule has 0 spiro atoms. The molecule has 0 aliphatic carbocycles. The molecule has 0 radical (unpaired) electrons. The van der Waals surface area contributed by atoms with Crippen molar-refractivity contribution in [3.8, 4) is 5.75 Å². The largest absolute Gasteiger partial charge is 0.496 e. The third kappa shape index (κ3) is 2.64. The highest BCUT2D eigenvalue weighted by molar-refractivity contribution is 6.30. The number of aromatic nitrogens is 1. The van der Waals surface area contributed by atoms with E-state index in [1.165, 1.54) is 0 Å². The molecule has 2 unspecified atom stereocenters. The SMILES string of the molecule is COc1c(C)cc(Cl)cc1C1NC(C(=O)O)Cc2c1[nH]c1ccccc21. The van der Waals surface area contributed by atoms with E-state index in [1.54, 1.807) is 7.11 Å². The molecule has 1 aromatic heterocycles. The van der Waals surface area contributed by atoms with E-state index in [9.17, 15) is 9.90 Å². The summed E-state index contributed by atoms with van der Waals surface area (Å²) < 4.78 is 5.61. The second-order valence-electron chi connectivity index (χ2n) is 6.60. The van der Waals surface area contributed by atoms with Crippen molar-refractivity contribution in [3.63, 3.8) is 0 Å². The van der Waals surface area contributed by atoms with Crippen LogP contribution in [0.2, 0.25) is 5.02 Å². The number of H-pyrrole nitrogens is 1. The van der Waals surface area contributed by atoms with Crippen LogP contribution in [0.5, 0.6) is 5.75 Å². The second kappa shape index (κ2) is 6.34. The van der Waals surface area contributed by atoms with Crippen molar-refractivity contribution >= 4 is 28.5 Å². The Bertz CT molecular complexity index is 1010. The van der Waals surface area contributed by atoms with Gasteiger partial charge in [0.25, 0.3) is 0 Å². The van der Waals surface area contributed by atoms with Crippen molar-refractivity contribution in [3.05, 3.63) is 63.8 Å². The highest BCUT2D eigenvalue weighted by Crippen LogP contribution is 2.40.